The summed E-state index contributed by atoms with van der Waals surface area (Å²) in [6, 6.07) is 15.0. The summed E-state index contributed by atoms with van der Waals surface area (Å²) in [4.78, 5) is 4.91. The Morgan fingerprint density at radius 1 is 0.962 bits per heavy atom. The van der Waals surface area contributed by atoms with E-state index >= 15 is 0 Å². The van der Waals surface area contributed by atoms with E-state index in [0.29, 0.717) is 6.04 Å². The predicted molar refractivity (Wildman–Crippen MR) is 108 cm³/mol. The lowest BCUT2D eigenvalue weighted by Gasteiger charge is -2.42. The van der Waals surface area contributed by atoms with Gasteiger partial charge in [0.2, 0.25) is 0 Å². The Morgan fingerprint density at radius 3 is 2.46 bits per heavy atom. The molecule has 0 aromatic heterocycles. The number of likely N-dealkylation sites (N-methyl/N-ethyl adjacent to an activating group) is 1. The van der Waals surface area contributed by atoms with Crippen LogP contribution in [0.2, 0.25) is 0 Å². The number of likely N-dealkylation sites (tertiary alicyclic amines) is 1. The van der Waals surface area contributed by atoms with Crippen molar-refractivity contribution in [2.75, 3.05) is 40.2 Å². The largest absolute Gasteiger partial charge is 0.397 e. The lowest BCUT2D eigenvalue weighted by Crippen LogP contribution is -2.59. The summed E-state index contributed by atoms with van der Waals surface area (Å²) in [6.07, 6.45) is 3.93. The second-order valence-corrected chi connectivity index (χ2v) is 7.52. The number of hydrogen-bond acceptors (Lipinski definition) is 6. The smallest absolute Gasteiger partial charge is 0.178 e. The van der Waals surface area contributed by atoms with Crippen molar-refractivity contribution in [1.29, 1.82) is 0 Å². The molecule has 1 fully saturated rings. The SMILES string of the molecule is CN1CCCCC1C1Nc2c(N)cccc2N1C1Nc2ccccc2N1. The Bertz CT molecular complexity index is 797. The van der Waals surface area contributed by atoms with E-state index in [4.69, 9.17) is 5.73 Å². The molecule has 0 spiro atoms. The van der Waals surface area contributed by atoms with Gasteiger partial charge in [-0.05, 0) is 50.7 Å². The quantitative estimate of drug-likeness (QED) is 0.624. The Kier molecular flexibility index (Phi) is 3.60. The zero-order chi connectivity index (χ0) is 17.7. The first kappa shape index (κ1) is 15.6. The van der Waals surface area contributed by atoms with Gasteiger partial charge >= 0.3 is 0 Å². The number of nitrogens with two attached hydrogens (primary N) is 1. The van der Waals surface area contributed by atoms with Crippen molar-refractivity contribution in [2.45, 2.75) is 37.8 Å². The van der Waals surface area contributed by atoms with Crippen LogP contribution >= 0.6 is 0 Å². The summed E-state index contributed by atoms with van der Waals surface area (Å²) >= 11 is 0. The summed E-state index contributed by atoms with van der Waals surface area (Å²) in [7, 11) is 2.24. The van der Waals surface area contributed by atoms with Gasteiger partial charge in [0.05, 0.1) is 28.4 Å². The Morgan fingerprint density at radius 2 is 1.73 bits per heavy atom. The Balaban J connectivity index is 1.52. The van der Waals surface area contributed by atoms with E-state index in [1.165, 1.54) is 19.3 Å². The molecule has 0 saturated carbocycles. The lowest BCUT2D eigenvalue weighted by atomic mass is 10.00. The fraction of sp³-hybridized carbons (Fsp3) is 0.400. The van der Waals surface area contributed by atoms with Crippen molar-refractivity contribution in [3.8, 4) is 0 Å². The number of nitrogen functional groups attached to an aromatic ring is 1. The summed E-state index contributed by atoms with van der Waals surface area (Å²) in [5.74, 6) is 0. The third kappa shape index (κ3) is 2.36. The van der Waals surface area contributed by atoms with Gasteiger partial charge in [-0.3, -0.25) is 4.90 Å². The molecule has 6 nitrogen and oxygen atoms in total. The highest BCUT2D eigenvalue weighted by Gasteiger charge is 2.42. The summed E-state index contributed by atoms with van der Waals surface area (Å²) < 4.78 is 0. The highest BCUT2D eigenvalue weighted by Crippen LogP contribution is 2.44. The molecule has 2 unspecified atom stereocenters. The molecular weight excluding hydrogens is 324 g/mol. The van der Waals surface area contributed by atoms with Gasteiger partial charge in [-0.2, -0.15) is 0 Å². The number of piperidine rings is 1. The maximum absolute atomic E-state index is 6.30. The average molecular weight is 350 g/mol. The first-order valence-corrected chi connectivity index (χ1v) is 9.48. The molecule has 136 valence electrons. The molecule has 6 heteroatoms. The molecule has 2 aromatic carbocycles. The molecule has 5 rings (SSSR count). The topological polar surface area (TPSA) is 68.6 Å². The van der Waals surface area contributed by atoms with Crippen LogP contribution in [0.15, 0.2) is 42.5 Å². The highest BCUT2D eigenvalue weighted by molar-refractivity contribution is 5.88. The van der Waals surface area contributed by atoms with Crippen molar-refractivity contribution in [3.63, 3.8) is 0 Å². The zero-order valence-corrected chi connectivity index (χ0v) is 15.1. The summed E-state index contributed by atoms with van der Waals surface area (Å²) in [6.45, 7) is 1.15. The number of anilines is 5. The van der Waals surface area contributed by atoms with Crippen molar-refractivity contribution in [3.05, 3.63) is 42.5 Å². The van der Waals surface area contributed by atoms with Gasteiger partial charge in [-0.1, -0.05) is 24.6 Å². The standard InChI is InChI=1S/C20H26N6/c1-25-12-5-4-10-17(25)19-24-18-13(21)7-6-11-16(18)26(19)20-22-14-8-2-3-9-15(14)23-20/h2-3,6-9,11,17,19-20,22-24H,4-5,10,12,21H2,1H3. The molecule has 1 saturated heterocycles. The number of para-hydroxylation sites is 3. The minimum atomic E-state index is 0.00303. The van der Waals surface area contributed by atoms with Gasteiger partial charge in [0.15, 0.2) is 6.29 Å². The molecule has 2 atom stereocenters. The van der Waals surface area contributed by atoms with E-state index in [1.54, 1.807) is 0 Å². The summed E-state index contributed by atoms with van der Waals surface area (Å²) in [5, 5.41) is 11.0. The van der Waals surface area contributed by atoms with Crippen LogP contribution in [0.5, 0.6) is 0 Å². The molecule has 0 aliphatic carbocycles. The fourth-order valence-electron chi connectivity index (χ4n) is 4.58. The number of benzene rings is 2. The van der Waals surface area contributed by atoms with Gasteiger partial charge in [0, 0.05) is 6.04 Å². The predicted octanol–water partition coefficient (Wildman–Crippen LogP) is 3.13. The van der Waals surface area contributed by atoms with Gasteiger partial charge in [-0.15, -0.1) is 0 Å². The average Bonchev–Trinajstić information content (AvgIpc) is 3.23. The number of nitrogens with one attached hydrogen (secondary N) is 3. The molecule has 5 N–H and O–H groups in total. The number of fused-ring (bicyclic) bond motifs is 2. The lowest BCUT2D eigenvalue weighted by molar-refractivity contribution is 0.164. The molecule has 3 heterocycles. The van der Waals surface area contributed by atoms with Crippen LogP contribution in [0.4, 0.5) is 28.4 Å². The van der Waals surface area contributed by atoms with Crippen LogP contribution in [0.25, 0.3) is 0 Å². The van der Waals surface area contributed by atoms with Crippen molar-refractivity contribution in [2.24, 2.45) is 0 Å². The van der Waals surface area contributed by atoms with Crippen LogP contribution in [0, 0.1) is 0 Å². The fourth-order valence-corrected chi connectivity index (χ4v) is 4.58. The van der Waals surface area contributed by atoms with Gasteiger partial charge < -0.3 is 26.6 Å². The van der Waals surface area contributed by atoms with Crippen LogP contribution in [-0.4, -0.2) is 37.0 Å². The van der Waals surface area contributed by atoms with Crippen LogP contribution < -0.4 is 26.6 Å². The number of hydrogen-bond donors (Lipinski definition) is 4. The molecule has 0 radical (unpaired) electrons. The van der Waals surface area contributed by atoms with E-state index in [9.17, 15) is 0 Å². The van der Waals surface area contributed by atoms with Crippen LogP contribution in [-0.2, 0) is 0 Å². The molecule has 0 bridgehead atoms. The highest BCUT2D eigenvalue weighted by atomic mass is 15.5. The molecule has 3 aliphatic heterocycles. The first-order valence-electron chi connectivity index (χ1n) is 9.48. The maximum Gasteiger partial charge on any atom is 0.178 e. The third-order valence-corrected chi connectivity index (χ3v) is 5.93. The monoisotopic (exact) mass is 350 g/mol. The van der Waals surface area contributed by atoms with E-state index in [0.717, 1.165) is 35.0 Å². The number of rotatable bonds is 2. The molecule has 3 aliphatic rings. The van der Waals surface area contributed by atoms with Crippen LogP contribution in [0.1, 0.15) is 19.3 Å². The van der Waals surface area contributed by atoms with Crippen LogP contribution in [0.3, 0.4) is 0 Å². The molecule has 26 heavy (non-hydrogen) atoms. The van der Waals surface area contributed by atoms with E-state index in [-0.39, 0.29) is 12.5 Å². The van der Waals surface area contributed by atoms with Gasteiger partial charge in [0.1, 0.15) is 6.17 Å². The van der Waals surface area contributed by atoms with E-state index < -0.39 is 0 Å². The maximum atomic E-state index is 6.30. The molecular formula is C20H26N6. The minimum Gasteiger partial charge on any atom is -0.397 e. The van der Waals surface area contributed by atoms with Crippen molar-refractivity contribution >= 4 is 28.4 Å². The normalized spacial score (nSPS) is 25.2. The second kappa shape index (κ2) is 5.99. The molecule has 0 amide bonds. The molecule has 2 aromatic rings. The van der Waals surface area contributed by atoms with Gasteiger partial charge in [0.25, 0.3) is 0 Å². The Hall–Kier alpha value is -2.60. The third-order valence-electron chi connectivity index (χ3n) is 5.93. The minimum absolute atomic E-state index is 0.00303. The van der Waals surface area contributed by atoms with Crippen molar-refractivity contribution in [1.82, 2.24) is 4.90 Å². The zero-order valence-electron chi connectivity index (χ0n) is 15.1. The van der Waals surface area contributed by atoms with Gasteiger partial charge in [-0.25, -0.2) is 0 Å². The number of nitrogens with zero attached hydrogens (tertiary/aromatic N) is 2. The first-order chi connectivity index (χ1) is 12.7. The van der Waals surface area contributed by atoms with Crippen molar-refractivity contribution < 1.29 is 0 Å². The Labute approximate surface area is 154 Å². The second-order valence-electron chi connectivity index (χ2n) is 7.52. The van der Waals surface area contributed by atoms with E-state index in [1.807, 2.05) is 12.1 Å². The summed E-state index contributed by atoms with van der Waals surface area (Å²) in [5.41, 5.74) is 11.6. The van der Waals surface area contributed by atoms with E-state index in [2.05, 4.69) is 63.1 Å².